The van der Waals surface area contributed by atoms with E-state index in [0.29, 0.717) is 22.2 Å². The number of guanidine groups is 1. The Hall–Kier alpha value is -2.09. The summed E-state index contributed by atoms with van der Waals surface area (Å²) < 4.78 is 0.936. The van der Waals surface area contributed by atoms with Crippen LogP contribution in [0, 0.1) is 0 Å². The summed E-state index contributed by atoms with van der Waals surface area (Å²) in [7, 11) is 0. The van der Waals surface area contributed by atoms with Gasteiger partial charge in [-0.3, -0.25) is 9.59 Å². The Labute approximate surface area is 180 Å². The number of aliphatic imine (C=N–C) groups is 1. The summed E-state index contributed by atoms with van der Waals surface area (Å²) in [6, 6.07) is 12.3. The average Bonchev–Trinajstić information content (AvgIpc) is 2.85. The lowest BCUT2D eigenvalue weighted by Gasteiger charge is -2.22. The number of anilines is 1. The highest BCUT2D eigenvalue weighted by atomic mass is 79.9. The van der Waals surface area contributed by atoms with Crippen molar-refractivity contribution in [3.63, 3.8) is 0 Å². The number of carboxylic acids is 1. The molecule has 2 aromatic carbocycles. The number of amides is 1. The Kier molecular flexibility index (Phi) is 5.98. The zero-order valence-electron chi connectivity index (χ0n) is 14.7. The van der Waals surface area contributed by atoms with Crippen molar-refractivity contribution in [2.45, 2.75) is 18.9 Å². The van der Waals surface area contributed by atoms with E-state index in [1.807, 2.05) is 24.3 Å². The number of hydrogen-bond acceptors (Lipinski definition) is 3. The van der Waals surface area contributed by atoms with Gasteiger partial charge in [0.15, 0.2) is 0 Å². The molecule has 1 aliphatic heterocycles. The van der Waals surface area contributed by atoms with E-state index in [4.69, 9.17) is 28.3 Å². The van der Waals surface area contributed by atoms with Gasteiger partial charge in [-0.2, -0.15) is 0 Å². The third-order valence-corrected chi connectivity index (χ3v) is 5.18. The molecule has 2 N–H and O–H groups in total. The first kappa shape index (κ1) is 20.6. The van der Waals surface area contributed by atoms with Gasteiger partial charge in [0.25, 0.3) is 5.91 Å². The van der Waals surface area contributed by atoms with Gasteiger partial charge in [0.1, 0.15) is 12.1 Å². The minimum atomic E-state index is -1.10. The first-order valence-corrected chi connectivity index (χ1v) is 9.82. The predicted octanol–water partition coefficient (Wildman–Crippen LogP) is 4.13. The molecule has 9 heteroatoms. The Morgan fingerprint density at radius 3 is 2.39 bits per heavy atom. The van der Waals surface area contributed by atoms with Crippen LogP contribution in [0.4, 0.5) is 5.69 Å². The van der Waals surface area contributed by atoms with Gasteiger partial charge in [-0.25, -0.2) is 9.89 Å². The summed E-state index contributed by atoms with van der Waals surface area (Å²) in [6.07, 6.45) is 0.385. The van der Waals surface area contributed by atoms with E-state index >= 15 is 0 Å². The van der Waals surface area contributed by atoms with Gasteiger partial charge < -0.3 is 10.4 Å². The van der Waals surface area contributed by atoms with E-state index in [2.05, 4.69) is 26.2 Å². The summed E-state index contributed by atoms with van der Waals surface area (Å²) in [5.41, 5.74) is 0.341. The summed E-state index contributed by atoms with van der Waals surface area (Å²) in [5, 5.41) is 12.8. The first-order valence-electron chi connectivity index (χ1n) is 8.27. The normalized spacial score (nSPS) is 20.5. The van der Waals surface area contributed by atoms with Crippen LogP contribution in [0.15, 0.2) is 51.9 Å². The molecule has 1 aliphatic rings. The number of nitrogens with zero attached hydrogens (tertiary/aromatic N) is 2. The van der Waals surface area contributed by atoms with Crippen molar-refractivity contribution in [1.82, 2.24) is 5.32 Å². The molecule has 146 valence electrons. The molecular formula is C19H16BrCl2N3O3. The van der Waals surface area contributed by atoms with Crippen LogP contribution in [0.2, 0.25) is 10.0 Å². The third kappa shape index (κ3) is 4.48. The quantitative estimate of drug-likeness (QED) is 0.668. The van der Waals surface area contributed by atoms with Gasteiger partial charge in [-0.15, -0.1) is 0 Å². The zero-order chi connectivity index (χ0) is 20.5. The number of benzene rings is 2. The Morgan fingerprint density at radius 1 is 1.21 bits per heavy atom. The number of carbonyl (C=O) groups excluding carboxylic acids is 1. The number of aliphatic carboxylic acids is 1. The first-order chi connectivity index (χ1) is 13.2. The van der Waals surface area contributed by atoms with E-state index in [9.17, 15) is 9.59 Å². The van der Waals surface area contributed by atoms with Crippen molar-refractivity contribution >= 4 is 62.7 Å². The highest BCUT2D eigenvalue weighted by Crippen LogP contribution is 2.31. The molecule has 0 aromatic heterocycles. The van der Waals surface area contributed by atoms with E-state index in [1.165, 1.54) is 4.90 Å². The van der Waals surface area contributed by atoms with Gasteiger partial charge in [-0.1, -0.05) is 51.3 Å². The monoisotopic (exact) mass is 483 g/mol. The summed E-state index contributed by atoms with van der Waals surface area (Å²) >= 11 is 15.6. The number of nitrogens with one attached hydrogen (secondary N) is 1. The van der Waals surface area contributed by atoms with Crippen molar-refractivity contribution in [2.75, 3.05) is 11.4 Å². The van der Waals surface area contributed by atoms with Crippen LogP contribution < -0.4 is 10.2 Å². The number of carbonyl (C=O) groups is 2. The summed E-state index contributed by atoms with van der Waals surface area (Å²) in [5.74, 6) is -1.24. The zero-order valence-corrected chi connectivity index (χ0v) is 17.8. The highest BCUT2D eigenvalue weighted by molar-refractivity contribution is 9.10. The maximum atomic E-state index is 13.3. The molecule has 0 spiro atoms. The number of rotatable bonds is 5. The lowest BCUT2D eigenvalue weighted by atomic mass is 9.93. The SMILES string of the molecule is CC1(Cc2ccc(Br)cc2)NC(=NCC(=O)O)N(c2cc(Cl)cc(Cl)c2)C1=O. The fourth-order valence-electron chi connectivity index (χ4n) is 2.99. The molecule has 1 fully saturated rings. The van der Waals surface area contributed by atoms with Gasteiger partial charge in [0.2, 0.25) is 5.96 Å². The fraction of sp³-hybridized carbons (Fsp3) is 0.211. The second-order valence-corrected chi connectivity index (χ2v) is 8.35. The molecule has 1 amide bonds. The maximum Gasteiger partial charge on any atom is 0.325 e. The van der Waals surface area contributed by atoms with E-state index < -0.39 is 18.1 Å². The summed E-state index contributed by atoms with van der Waals surface area (Å²) in [6.45, 7) is 1.27. The van der Waals surface area contributed by atoms with Crippen LogP contribution >= 0.6 is 39.1 Å². The third-order valence-electron chi connectivity index (χ3n) is 4.22. The standard InChI is InChI=1S/C19H16BrCl2N3O3/c1-19(9-11-2-4-12(20)5-3-11)17(28)25(18(24-19)23-10-16(26)27)15-7-13(21)6-14(22)8-15/h2-8H,9-10H2,1H3,(H,23,24)(H,26,27). The molecule has 0 radical (unpaired) electrons. The van der Waals surface area contributed by atoms with Crippen molar-refractivity contribution in [3.05, 3.63) is 62.5 Å². The van der Waals surface area contributed by atoms with E-state index in [1.54, 1.807) is 25.1 Å². The van der Waals surface area contributed by atoms with Crippen LogP contribution in [0.1, 0.15) is 12.5 Å². The average molecular weight is 485 g/mol. The van der Waals surface area contributed by atoms with Crippen molar-refractivity contribution in [3.8, 4) is 0 Å². The highest BCUT2D eigenvalue weighted by Gasteiger charge is 2.47. The maximum absolute atomic E-state index is 13.3. The van der Waals surface area contributed by atoms with Crippen molar-refractivity contribution in [2.24, 2.45) is 4.99 Å². The minimum absolute atomic E-state index is 0.144. The number of carboxylic acid groups (broad SMARTS) is 1. The van der Waals surface area contributed by atoms with Crippen LogP contribution in [-0.2, 0) is 16.0 Å². The molecule has 0 bridgehead atoms. The summed E-state index contributed by atoms with van der Waals surface area (Å²) in [4.78, 5) is 29.7. The Morgan fingerprint density at radius 2 is 1.82 bits per heavy atom. The van der Waals surface area contributed by atoms with Gasteiger partial charge in [-0.05, 0) is 42.8 Å². The smallest absolute Gasteiger partial charge is 0.325 e. The topological polar surface area (TPSA) is 82.0 Å². The predicted molar refractivity (Wildman–Crippen MR) is 113 cm³/mol. The lowest BCUT2D eigenvalue weighted by Crippen LogP contribution is -2.46. The van der Waals surface area contributed by atoms with Crippen molar-refractivity contribution < 1.29 is 14.7 Å². The molecule has 1 atom stereocenters. The molecule has 2 aromatic rings. The van der Waals surface area contributed by atoms with E-state index in [-0.39, 0.29) is 11.9 Å². The van der Waals surface area contributed by atoms with Crippen LogP contribution in [0.25, 0.3) is 0 Å². The largest absolute Gasteiger partial charge is 0.480 e. The molecule has 6 nitrogen and oxygen atoms in total. The van der Waals surface area contributed by atoms with Crippen LogP contribution in [-0.4, -0.2) is 35.0 Å². The van der Waals surface area contributed by atoms with Crippen LogP contribution in [0.5, 0.6) is 0 Å². The van der Waals surface area contributed by atoms with Crippen molar-refractivity contribution in [1.29, 1.82) is 0 Å². The minimum Gasteiger partial charge on any atom is -0.480 e. The van der Waals surface area contributed by atoms with Gasteiger partial charge in [0.05, 0.1) is 5.69 Å². The van der Waals surface area contributed by atoms with Crippen LogP contribution in [0.3, 0.4) is 0 Å². The molecule has 0 saturated carbocycles. The molecule has 1 unspecified atom stereocenters. The second-order valence-electron chi connectivity index (χ2n) is 6.56. The van der Waals surface area contributed by atoms with Gasteiger partial charge in [0, 0.05) is 20.9 Å². The molecule has 1 saturated heterocycles. The molecule has 0 aliphatic carbocycles. The molecule has 28 heavy (non-hydrogen) atoms. The Balaban J connectivity index is 2.00. The molecule has 3 rings (SSSR count). The number of hydrogen-bond donors (Lipinski definition) is 2. The number of halogens is 3. The lowest BCUT2D eigenvalue weighted by molar-refractivity contribution is -0.135. The molecular weight excluding hydrogens is 469 g/mol. The molecule has 1 heterocycles. The Bertz CT molecular complexity index is 945. The van der Waals surface area contributed by atoms with Gasteiger partial charge >= 0.3 is 5.97 Å². The second kappa shape index (κ2) is 8.11. The fourth-order valence-corrected chi connectivity index (χ4v) is 3.77. The van der Waals surface area contributed by atoms with E-state index in [0.717, 1.165) is 10.0 Å².